The van der Waals surface area contributed by atoms with Crippen LogP contribution in [-0.2, 0) is 42.9 Å². The minimum Gasteiger partial charge on any atom is -0.481 e. The van der Waals surface area contributed by atoms with Crippen molar-refractivity contribution >= 4 is 23.9 Å². The first-order valence-corrected chi connectivity index (χ1v) is 19.1. The van der Waals surface area contributed by atoms with Gasteiger partial charge in [0.05, 0.1) is 27.8 Å². The molecule has 0 spiro atoms. The molecule has 1 heterocycles. The minimum atomic E-state index is -0.987. The first kappa shape index (κ1) is 45.2. The van der Waals surface area contributed by atoms with Crippen molar-refractivity contribution in [1.82, 2.24) is 0 Å². The Bertz CT molecular complexity index is 1330. The molecule has 1 N–H and O–H groups in total. The van der Waals surface area contributed by atoms with Crippen LogP contribution in [0.3, 0.4) is 0 Å². The van der Waals surface area contributed by atoms with E-state index >= 15 is 0 Å². The maximum Gasteiger partial charge on any atom is 0.312 e. The summed E-state index contributed by atoms with van der Waals surface area (Å²) < 4.78 is 30.3. The van der Waals surface area contributed by atoms with Gasteiger partial charge in [-0.25, -0.2) is 0 Å². The molecule has 306 valence electrons. The van der Waals surface area contributed by atoms with Gasteiger partial charge in [0.1, 0.15) is 17.8 Å². The summed E-state index contributed by atoms with van der Waals surface area (Å²) in [5, 5.41) is 10.2. The molecule has 0 radical (unpaired) electrons. The van der Waals surface area contributed by atoms with Gasteiger partial charge in [-0.3, -0.25) is 19.2 Å². The van der Waals surface area contributed by atoms with Gasteiger partial charge < -0.3 is 28.8 Å². The van der Waals surface area contributed by atoms with Crippen molar-refractivity contribution in [3.8, 4) is 0 Å². The molecule has 7 unspecified atom stereocenters. The molecule has 7 atom stereocenters. The third kappa shape index (κ3) is 8.20. The van der Waals surface area contributed by atoms with E-state index in [4.69, 9.17) is 23.7 Å². The van der Waals surface area contributed by atoms with E-state index < -0.39 is 38.8 Å². The number of carboxylic acid groups (broad SMARTS) is 1. The topological polar surface area (TPSA) is 135 Å². The predicted octanol–water partition coefficient (Wildman–Crippen LogP) is 9.30. The number of rotatable bonds is 12. The number of carbonyl (C=O) groups excluding carboxylic acids is 3. The van der Waals surface area contributed by atoms with Gasteiger partial charge in [-0.1, -0.05) is 36.6 Å². The molecule has 8 bridgehead atoms. The largest absolute Gasteiger partial charge is 0.481 e. The van der Waals surface area contributed by atoms with Crippen molar-refractivity contribution in [3.05, 3.63) is 0 Å². The van der Waals surface area contributed by atoms with E-state index in [9.17, 15) is 24.3 Å². The lowest BCUT2D eigenvalue weighted by molar-refractivity contribution is -0.225. The van der Waals surface area contributed by atoms with Gasteiger partial charge in [0.25, 0.3) is 0 Å². The lowest BCUT2D eigenvalue weighted by Crippen LogP contribution is -2.61. The summed E-state index contributed by atoms with van der Waals surface area (Å²) in [6.07, 6.45) is 11.7. The van der Waals surface area contributed by atoms with E-state index in [0.717, 1.165) is 70.6 Å². The lowest BCUT2D eigenvalue weighted by atomic mass is 9.48. The number of hydrogen-bond acceptors (Lipinski definition) is 9. The summed E-state index contributed by atoms with van der Waals surface area (Å²) in [4.78, 5) is 54.5. The zero-order valence-corrected chi connectivity index (χ0v) is 30.3. The fourth-order valence-corrected chi connectivity index (χ4v) is 12.6. The van der Waals surface area contributed by atoms with E-state index in [0.29, 0.717) is 43.9 Å². The van der Waals surface area contributed by atoms with Gasteiger partial charge in [-0.05, 0) is 141 Å². The Morgan fingerprint density at radius 3 is 1.72 bits per heavy atom. The summed E-state index contributed by atoms with van der Waals surface area (Å²) in [6.45, 7) is 7.73. The first-order valence-electron chi connectivity index (χ1n) is 19.1. The van der Waals surface area contributed by atoms with Crippen LogP contribution in [0.5, 0.6) is 0 Å². The standard InChI is InChI=1S/C39H58O10.4CH4/c1-6-35(4,21-34(2,3)31(42)48-38-16-24-10-25(17-38)13-36(12-24,22-38)30(40)41)32(43)49-39-18-26-11-27(19-39)15-37(14-26,23-39)33(44)46-20-28-8-7-9-29(45-5)47-28;;;;/h24-29H,6-23H2,1-5H3,(H,40,41);4*1H4. The van der Waals surface area contributed by atoms with Crippen LogP contribution in [0.15, 0.2) is 0 Å². The molecular formula is C43H74O10. The quantitative estimate of drug-likeness (QED) is 0.152. The van der Waals surface area contributed by atoms with Crippen molar-refractivity contribution in [1.29, 1.82) is 0 Å². The minimum absolute atomic E-state index is 0. The number of carbonyl (C=O) groups is 4. The van der Waals surface area contributed by atoms with Crippen LogP contribution in [-0.4, -0.2) is 66.3 Å². The van der Waals surface area contributed by atoms with Crippen molar-refractivity contribution in [2.24, 2.45) is 45.3 Å². The average Bonchev–Trinajstić information content (AvgIpc) is 3.01. The van der Waals surface area contributed by atoms with Crippen LogP contribution in [0, 0.1) is 45.3 Å². The molecule has 9 rings (SSSR count). The summed E-state index contributed by atoms with van der Waals surface area (Å²) in [5.74, 6) is -0.484. The molecule has 0 aromatic carbocycles. The van der Waals surface area contributed by atoms with Gasteiger partial charge in [-0.15, -0.1) is 0 Å². The summed E-state index contributed by atoms with van der Waals surface area (Å²) >= 11 is 0. The number of ether oxygens (including phenoxy) is 5. The van der Waals surface area contributed by atoms with Crippen LogP contribution in [0.1, 0.15) is 167 Å². The number of esters is 3. The van der Waals surface area contributed by atoms with Crippen molar-refractivity contribution in [3.63, 3.8) is 0 Å². The van der Waals surface area contributed by atoms with Crippen LogP contribution in [0.25, 0.3) is 0 Å². The second kappa shape index (κ2) is 15.7. The zero-order valence-electron chi connectivity index (χ0n) is 30.3. The highest BCUT2D eigenvalue weighted by molar-refractivity contribution is 5.82. The fourth-order valence-electron chi connectivity index (χ4n) is 12.6. The van der Waals surface area contributed by atoms with E-state index in [1.54, 1.807) is 7.11 Å². The van der Waals surface area contributed by atoms with E-state index in [-0.39, 0.29) is 84.9 Å². The van der Waals surface area contributed by atoms with Crippen LogP contribution in [0.4, 0.5) is 0 Å². The number of carboxylic acids is 1. The Balaban J connectivity index is 0.00000189. The number of aliphatic carboxylic acids is 1. The maximum atomic E-state index is 14.3. The highest BCUT2D eigenvalue weighted by Gasteiger charge is 2.65. The molecule has 10 nitrogen and oxygen atoms in total. The van der Waals surface area contributed by atoms with Gasteiger partial charge >= 0.3 is 23.9 Å². The SMILES string of the molecule is C.C.C.C.CCC(C)(CC(C)(C)C(=O)OC12CC3CC(C1)CC(C(=O)O)(C3)C2)C(=O)OC12CC3CC(C1)CC(C(=O)OCC1CCCC(OC)O1)(C3)C2. The third-order valence-electron chi connectivity index (χ3n) is 14.2. The van der Waals surface area contributed by atoms with Gasteiger partial charge in [0.15, 0.2) is 6.29 Å². The van der Waals surface area contributed by atoms with Crippen molar-refractivity contribution < 1.29 is 48.0 Å². The second-order valence-electron chi connectivity index (χ2n) is 18.9. The molecule has 0 aromatic heterocycles. The van der Waals surface area contributed by atoms with Crippen LogP contribution in [0.2, 0.25) is 0 Å². The van der Waals surface area contributed by atoms with E-state index in [2.05, 4.69) is 0 Å². The molecule has 10 heteroatoms. The van der Waals surface area contributed by atoms with Crippen molar-refractivity contribution in [2.75, 3.05) is 13.7 Å². The monoisotopic (exact) mass is 751 g/mol. The Labute approximate surface area is 320 Å². The van der Waals surface area contributed by atoms with Crippen LogP contribution < -0.4 is 0 Å². The van der Waals surface area contributed by atoms with Gasteiger partial charge in [-0.2, -0.15) is 0 Å². The maximum absolute atomic E-state index is 14.3. The summed E-state index contributed by atoms with van der Waals surface area (Å²) in [5.41, 5.74) is -4.84. The highest BCUT2D eigenvalue weighted by Crippen LogP contribution is 2.65. The van der Waals surface area contributed by atoms with Crippen molar-refractivity contribution in [2.45, 2.75) is 190 Å². The molecule has 0 amide bonds. The van der Waals surface area contributed by atoms with Gasteiger partial charge in [0.2, 0.25) is 0 Å². The van der Waals surface area contributed by atoms with E-state index in [1.165, 1.54) is 0 Å². The lowest BCUT2D eigenvalue weighted by Gasteiger charge is -2.60. The molecule has 8 aliphatic carbocycles. The molecule has 1 saturated heterocycles. The second-order valence-corrected chi connectivity index (χ2v) is 18.9. The Hall–Kier alpha value is -2.20. The molecule has 53 heavy (non-hydrogen) atoms. The Morgan fingerprint density at radius 2 is 1.23 bits per heavy atom. The highest BCUT2D eigenvalue weighted by atomic mass is 16.7. The zero-order chi connectivity index (χ0) is 35.0. The third-order valence-corrected chi connectivity index (χ3v) is 14.2. The molecular weight excluding hydrogens is 676 g/mol. The Kier molecular flexibility index (Phi) is 13.4. The van der Waals surface area contributed by atoms with Gasteiger partial charge in [0, 0.05) is 20.0 Å². The predicted molar refractivity (Wildman–Crippen MR) is 204 cm³/mol. The van der Waals surface area contributed by atoms with Crippen LogP contribution >= 0.6 is 0 Å². The van der Waals surface area contributed by atoms with E-state index in [1.807, 2.05) is 27.7 Å². The smallest absolute Gasteiger partial charge is 0.312 e. The fraction of sp³-hybridized carbons (Fsp3) is 0.907. The summed E-state index contributed by atoms with van der Waals surface area (Å²) in [6, 6.07) is 0. The normalized spacial score (nSPS) is 39.9. The molecule has 9 aliphatic rings. The number of hydrogen-bond donors (Lipinski definition) is 1. The average molecular weight is 751 g/mol. The molecule has 1 aliphatic heterocycles. The first-order chi connectivity index (χ1) is 23.0. The Morgan fingerprint density at radius 1 is 0.736 bits per heavy atom. The molecule has 8 saturated carbocycles. The molecule has 0 aromatic rings. The number of methoxy groups -OCH3 is 1. The molecule has 9 fully saturated rings. The summed E-state index contributed by atoms with van der Waals surface area (Å²) in [7, 11) is 1.63.